The second-order valence-corrected chi connectivity index (χ2v) is 6.82. The first-order valence-electron chi connectivity index (χ1n) is 8.76. The number of rotatable bonds is 6. The highest BCUT2D eigenvalue weighted by molar-refractivity contribution is 5.35. The number of hydrogen-bond acceptors (Lipinski definition) is 5. The van der Waals surface area contributed by atoms with Gasteiger partial charge in [0.1, 0.15) is 24.2 Å². The van der Waals surface area contributed by atoms with Gasteiger partial charge in [0.2, 0.25) is 0 Å². The monoisotopic (exact) mass is 347 g/mol. The molecule has 0 spiro atoms. The van der Waals surface area contributed by atoms with Crippen molar-refractivity contribution in [2.24, 2.45) is 0 Å². The molecule has 2 heterocycles. The average molecular weight is 347 g/mol. The third-order valence-electron chi connectivity index (χ3n) is 4.52. The van der Waals surface area contributed by atoms with Crippen molar-refractivity contribution in [3.05, 3.63) is 42.2 Å². The lowest BCUT2D eigenvalue weighted by Crippen LogP contribution is -2.51. The summed E-state index contributed by atoms with van der Waals surface area (Å²) in [6.45, 7) is 9.83. The molecule has 1 aromatic carbocycles. The second-order valence-electron chi connectivity index (χ2n) is 6.82. The standard InChI is InChI=1S/C18H26FN5O/c1-13(23-9-14(2)25-15(3)10-23)7-20-8-16-4-5-18(17(19)6-16)24-12-21-11-22-24/h4-6,11-15,20H,7-10H2,1-3H3. The highest BCUT2D eigenvalue weighted by atomic mass is 19.1. The molecule has 1 aliphatic heterocycles. The lowest BCUT2D eigenvalue weighted by Gasteiger charge is -2.39. The van der Waals surface area contributed by atoms with Crippen molar-refractivity contribution in [1.29, 1.82) is 0 Å². The number of halogens is 1. The lowest BCUT2D eigenvalue weighted by atomic mass is 10.1. The van der Waals surface area contributed by atoms with Gasteiger partial charge in [-0.2, -0.15) is 5.10 Å². The highest BCUT2D eigenvalue weighted by Crippen LogP contribution is 2.15. The molecule has 136 valence electrons. The maximum atomic E-state index is 14.2. The van der Waals surface area contributed by atoms with E-state index in [0.717, 1.165) is 25.2 Å². The predicted molar refractivity (Wildman–Crippen MR) is 94.1 cm³/mol. The summed E-state index contributed by atoms with van der Waals surface area (Å²) in [6, 6.07) is 5.60. The van der Waals surface area contributed by atoms with Crippen LogP contribution in [-0.4, -0.2) is 57.5 Å². The summed E-state index contributed by atoms with van der Waals surface area (Å²) in [5.74, 6) is -0.298. The van der Waals surface area contributed by atoms with Gasteiger partial charge in [0.15, 0.2) is 0 Å². The van der Waals surface area contributed by atoms with E-state index in [0.29, 0.717) is 18.3 Å². The van der Waals surface area contributed by atoms with E-state index in [1.54, 1.807) is 12.1 Å². The molecule has 0 bridgehead atoms. The Morgan fingerprint density at radius 3 is 2.72 bits per heavy atom. The molecule has 0 aliphatic carbocycles. The van der Waals surface area contributed by atoms with E-state index >= 15 is 0 Å². The van der Waals surface area contributed by atoms with E-state index in [-0.39, 0.29) is 18.0 Å². The molecule has 6 nitrogen and oxygen atoms in total. The number of nitrogens with one attached hydrogen (secondary N) is 1. The first-order chi connectivity index (χ1) is 12.0. The molecule has 1 saturated heterocycles. The Morgan fingerprint density at radius 1 is 1.32 bits per heavy atom. The summed E-state index contributed by atoms with van der Waals surface area (Å²) in [4.78, 5) is 6.29. The summed E-state index contributed by atoms with van der Waals surface area (Å²) in [5, 5.41) is 7.39. The lowest BCUT2D eigenvalue weighted by molar-refractivity contribution is -0.0781. The van der Waals surface area contributed by atoms with Crippen molar-refractivity contribution in [2.75, 3.05) is 19.6 Å². The Balaban J connectivity index is 1.51. The van der Waals surface area contributed by atoms with Crippen LogP contribution in [0.25, 0.3) is 5.69 Å². The minimum atomic E-state index is -0.298. The minimum Gasteiger partial charge on any atom is -0.373 e. The van der Waals surface area contributed by atoms with Crippen LogP contribution in [0.3, 0.4) is 0 Å². The van der Waals surface area contributed by atoms with E-state index < -0.39 is 0 Å². The number of aromatic nitrogens is 3. The van der Waals surface area contributed by atoms with Gasteiger partial charge >= 0.3 is 0 Å². The zero-order valence-electron chi connectivity index (χ0n) is 15.0. The van der Waals surface area contributed by atoms with Crippen LogP contribution >= 0.6 is 0 Å². The fourth-order valence-electron chi connectivity index (χ4n) is 3.31. The van der Waals surface area contributed by atoms with E-state index in [1.165, 1.54) is 17.3 Å². The van der Waals surface area contributed by atoms with Gasteiger partial charge in [-0.15, -0.1) is 0 Å². The third kappa shape index (κ3) is 4.62. The van der Waals surface area contributed by atoms with Gasteiger partial charge < -0.3 is 10.1 Å². The molecule has 1 aromatic heterocycles. The fraction of sp³-hybridized carbons (Fsp3) is 0.556. The molecule has 25 heavy (non-hydrogen) atoms. The van der Waals surface area contributed by atoms with Crippen LogP contribution in [0.2, 0.25) is 0 Å². The van der Waals surface area contributed by atoms with Crippen molar-refractivity contribution in [1.82, 2.24) is 25.0 Å². The molecule has 7 heteroatoms. The summed E-state index contributed by atoms with van der Waals surface area (Å²) < 4.78 is 21.4. The van der Waals surface area contributed by atoms with E-state index in [4.69, 9.17) is 4.74 Å². The Kier molecular flexibility index (Phi) is 5.78. The molecule has 1 N–H and O–H groups in total. The SMILES string of the molecule is CC1CN(C(C)CNCc2ccc(-n3cncn3)c(F)c2)CC(C)O1. The molecular weight excluding hydrogens is 321 g/mol. The number of ether oxygens (including phenoxy) is 1. The van der Waals surface area contributed by atoms with Gasteiger partial charge in [-0.3, -0.25) is 4.90 Å². The summed E-state index contributed by atoms with van der Waals surface area (Å²) in [7, 11) is 0. The molecule has 3 unspecified atom stereocenters. The first-order valence-corrected chi connectivity index (χ1v) is 8.76. The molecule has 0 saturated carbocycles. The number of nitrogens with zero attached hydrogens (tertiary/aromatic N) is 4. The molecule has 0 radical (unpaired) electrons. The Bertz CT molecular complexity index is 668. The summed E-state index contributed by atoms with van der Waals surface area (Å²) in [5.41, 5.74) is 1.32. The van der Waals surface area contributed by atoms with E-state index in [9.17, 15) is 4.39 Å². The molecule has 3 rings (SSSR count). The van der Waals surface area contributed by atoms with Gasteiger partial charge in [-0.25, -0.2) is 14.1 Å². The van der Waals surface area contributed by atoms with Crippen LogP contribution in [0.4, 0.5) is 4.39 Å². The summed E-state index contributed by atoms with van der Waals surface area (Å²) >= 11 is 0. The molecule has 1 aliphatic rings. The van der Waals surface area contributed by atoms with Crippen LogP contribution in [0, 0.1) is 5.82 Å². The van der Waals surface area contributed by atoms with Crippen molar-refractivity contribution in [3.63, 3.8) is 0 Å². The van der Waals surface area contributed by atoms with Crippen LogP contribution in [0.1, 0.15) is 26.3 Å². The Hall–Kier alpha value is -1.83. The Morgan fingerprint density at radius 2 is 2.08 bits per heavy atom. The largest absolute Gasteiger partial charge is 0.373 e. The van der Waals surface area contributed by atoms with Gasteiger partial charge in [0, 0.05) is 32.2 Å². The number of morpholine rings is 1. The first kappa shape index (κ1) is 18.0. The van der Waals surface area contributed by atoms with E-state index in [2.05, 4.69) is 41.1 Å². The number of hydrogen-bond donors (Lipinski definition) is 1. The van der Waals surface area contributed by atoms with Crippen LogP contribution in [0.15, 0.2) is 30.9 Å². The molecule has 2 aromatic rings. The minimum absolute atomic E-state index is 0.268. The topological polar surface area (TPSA) is 55.2 Å². The van der Waals surface area contributed by atoms with Crippen LogP contribution < -0.4 is 5.32 Å². The van der Waals surface area contributed by atoms with Crippen LogP contribution in [-0.2, 0) is 11.3 Å². The smallest absolute Gasteiger partial charge is 0.149 e. The van der Waals surface area contributed by atoms with Crippen molar-refractivity contribution >= 4 is 0 Å². The van der Waals surface area contributed by atoms with Gasteiger partial charge in [-0.1, -0.05) is 6.07 Å². The maximum Gasteiger partial charge on any atom is 0.149 e. The maximum absolute atomic E-state index is 14.2. The normalized spacial score (nSPS) is 22.9. The zero-order valence-corrected chi connectivity index (χ0v) is 15.0. The average Bonchev–Trinajstić information content (AvgIpc) is 3.08. The predicted octanol–water partition coefficient (Wildman–Crippen LogP) is 1.99. The molecule has 1 fully saturated rings. The zero-order chi connectivity index (χ0) is 17.8. The fourth-order valence-corrected chi connectivity index (χ4v) is 3.31. The summed E-state index contributed by atoms with van der Waals surface area (Å²) in [6.07, 6.45) is 3.42. The third-order valence-corrected chi connectivity index (χ3v) is 4.52. The quantitative estimate of drug-likeness (QED) is 0.866. The van der Waals surface area contributed by atoms with Crippen molar-refractivity contribution in [2.45, 2.75) is 45.6 Å². The van der Waals surface area contributed by atoms with Gasteiger partial charge in [-0.05, 0) is 38.5 Å². The van der Waals surface area contributed by atoms with E-state index in [1.807, 2.05) is 6.07 Å². The van der Waals surface area contributed by atoms with Crippen molar-refractivity contribution < 1.29 is 9.13 Å². The Labute approximate surface area is 148 Å². The highest BCUT2D eigenvalue weighted by Gasteiger charge is 2.25. The molecular formula is C18H26FN5O. The second kappa shape index (κ2) is 8.03. The van der Waals surface area contributed by atoms with Crippen LogP contribution in [0.5, 0.6) is 0 Å². The van der Waals surface area contributed by atoms with Gasteiger partial charge in [0.25, 0.3) is 0 Å². The van der Waals surface area contributed by atoms with Crippen molar-refractivity contribution in [3.8, 4) is 5.69 Å². The number of benzene rings is 1. The molecule has 0 amide bonds. The van der Waals surface area contributed by atoms with Gasteiger partial charge in [0.05, 0.1) is 12.2 Å². The molecule has 3 atom stereocenters.